The predicted molar refractivity (Wildman–Crippen MR) is 106 cm³/mol. The van der Waals surface area contributed by atoms with Crippen LogP contribution in [0.15, 0.2) is 29.6 Å². The van der Waals surface area contributed by atoms with E-state index in [1.165, 1.54) is 28.2 Å². The molecule has 144 valence electrons. The summed E-state index contributed by atoms with van der Waals surface area (Å²) in [5.74, 6) is 2.25. The Morgan fingerprint density at radius 3 is 2.78 bits per heavy atom. The number of amides is 1. The van der Waals surface area contributed by atoms with Crippen molar-refractivity contribution in [2.24, 2.45) is 5.92 Å². The third-order valence-corrected chi connectivity index (χ3v) is 6.64. The molecular weight excluding hydrogens is 360 g/mol. The molecule has 5 nitrogen and oxygen atoms in total. The molecule has 2 N–H and O–H groups in total. The van der Waals surface area contributed by atoms with Gasteiger partial charge in [0.1, 0.15) is 6.04 Å². The standard InChI is InChI=1S/C21H26N2O3S/c1-25-17-6-3-14(11-18(17)26-2)12-22-20(24)13-23-9-7-19-16(8-10-27-19)21(23)15-4-5-15/h3,6,8,10-11,15,21H,4-5,7,9,12-13H2,1-2H3,(H,22,24)/p+1/t21-/m1/s1. The van der Waals surface area contributed by atoms with E-state index in [-0.39, 0.29) is 5.91 Å². The third kappa shape index (κ3) is 3.96. The van der Waals surface area contributed by atoms with E-state index in [0.29, 0.717) is 30.6 Å². The number of carbonyl (C=O) groups is 1. The zero-order valence-corrected chi connectivity index (χ0v) is 16.7. The van der Waals surface area contributed by atoms with Crippen LogP contribution in [0, 0.1) is 5.92 Å². The van der Waals surface area contributed by atoms with Crippen molar-refractivity contribution >= 4 is 17.2 Å². The van der Waals surface area contributed by atoms with E-state index in [1.807, 2.05) is 29.5 Å². The Balaban J connectivity index is 1.37. The maximum atomic E-state index is 12.6. The van der Waals surface area contributed by atoms with Crippen molar-refractivity contribution < 1.29 is 19.2 Å². The average Bonchev–Trinajstić information content (AvgIpc) is 3.41. The predicted octanol–water partition coefficient (Wildman–Crippen LogP) is 1.97. The molecule has 2 heterocycles. The van der Waals surface area contributed by atoms with Crippen LogP contribution in [0.4, 0.5) is 0 Å². The molecule has 6 heteroatoms. The van der Waals surface area contributed by atoms with Crippen molar-refractivity contribution in [2.75, 3.05) is 27.3 Å². The summed E-state index contributed by atoms with van der Waals surface area (Å²) in [6, 6.07) is 8.53. The molecule has 2 atom stereocenters. The molecule has 27 heavy (non-hydrogen) atoms. The van der Waals surface area contributed by atoms with E-state index in [9.17, 15) is 4.79 Å². The lowest BCUT2D eigenvalue weighted by Gasteiger charge is -2.32. The van der Waals surface area contributed by atoms with Gasteiger partial charge in [0.25, 0.3) is 5.91 Å². The number of methoxy groups -OCH3 is 2. The van der Waals surface area contributed by atoms with Crippen LogP contribution in [-0.2, 0) is 17.8 Å². The molecule has 1 amide bonds. The summed E-state index contributed by atoms with van der Waals surface area (Å²) in [5, 5.41) is 5.29. The Hall–Kier alpha value is -2.05. The van der Waals surface area contributed by atoms with Gasteiger partial charge in [-0.15, -0.1) is 11.3 Å². The summed E-state index contributed by atoms with van der Waals surface area (Å²) in [6.45, 7) is 2.10. The third-order valence-electron chi connectivity index (χ3n) is 5.65. The molecule has 1 aliphatic heterocycles. The molecule has 2 aliphatic rings. The van der Waals surface area contributed by atoms with Gasteiger partial charge in [-0.3, -0.25) is 4.79 Å². The highest BCUT2D eigenvalue weighted by Crippen LogP contribution is 2.42. The van der Waals surface area contributed by atoms with E-state index in [0.717, 1.165) is 24.4 Å². The topological polar surface area (TPSA) is 52.0 Å². The van der Waals surface area contributed by atoms with Gasteiger partial charge in [-0.05, 0) is 42.0 Å². The number of hydrogen-bond acceptors (Lipinski definition) is 4. The monoisotopic (exact) mass is 387 g/mol. The molecule has 0 radical (unpaired) electrons. The minimum absolute atomic E-state index is 0.115. The molecule has 4 rings (SSSR count). The number of benzene rings is 1. The fraction of sp³-hybridized carbons (Fsp3) is 0.476. The normalized spacial score (nSPS) is 21.4. The summed E-state index contributed by atoms with van der Waals surface area (Å²) in [5.41, 5.74) is 2.50. The SMILES string of the molecule is COc1ccc(CNC(=O)C[NH+]2CCc3sccc3[C@H]2C2CC2)cc1OC. The first kappa shape index (κ1) is 18.3. The number of nitrogens with one attached hydrogen (secondary N) is 2. The number of carbonyl (C=O) groups excluding carboxylic acids is 1. The lowest BCUT2D eigenvalue weighted by molar-refractivity contribution is -0.928. The largest absolute Gasteiger partial charge is 0.493 e. The molecule has 1 aromatic carbocycles. The van der Waals surface area contributed by atoms with E-state index in [2.05, 4.69) is 16.8 Å². The molecule has 0 spiro atoms. The maximum absolute atomic E-state index is 12.6. The van der Waals surface area contributed by atoms with Gasteiger partial charge in [0.05, 0.1) is 20.8 Å². The molecular formula is C21H27N2O3S+. The molecule has 0 bridgehead atoms. The van der Waals surface area contributed by atoms with E-state index < -0.39 is 0 Å². The number of ether oxygens (including phenoxy) is 2. The molecule has 1 fully saturated rings. The minimum Gasteiger partial charge on any atom is -0.493 e. The number of fused-ring (bicyclic) bond motifs is 1. The van der Waals surface area contributed by atoms with Gasteiger partial charge in [-0.2, -0.15) is 0 Å². The van der Waals surface area contributed by atoms with E-state index >= 15 is 0 Å². The summed E-state index contributed by atoms with van der Waals surface area (Å²) in [7, 11) is 3.24. The first-order chi connectivity index (χ1) is 13.2. The summed E-state index contributed by atoms with van der Waals surface area (Å²) >= 11 is 1.87. The van der Waals surface area contributed by atoms with Gasteiger partial charge < -0.3 is 19.7 Å². The van der Waals surface area contributed by atoms with Crippen LogP contribution in [0.1, 0.15) is 34.9 Å². The van der Waals surface area contributed by atoms with Gasteiger partial charge in [0.15, 0.2) is 18.0 Å². The van der Waals surface area contributed by atoms with Crippen molar-refractivity contribution in [3.8, 4) is 11.5 Å². The number of hydrogen-bond donors (Lipinski definition) is 2. The molecule has 1 unspecified atom stereocenters. The van der Waals surface area contributed by atoms with Crippen LogP contribution >= 0.6 is 11.3 Å². The Morgan fingerprint density at radius 2 is 2.04 bits per heavy atom. The van der Waals surface area contributed by atoms with Crippen molar-refractivity contribution in [1.29, 1.82) is 0 Å². The summed E-state index contributed by atoms with van der Waals surface area (Å²) in [6.07, 6.45) is 3.70. The van der Waals surface area contributed by atoms with Crippen LogP contribution in [0.25, 0.3) is 0 Å². The first-order valence-corrected chi connectivity index (χ1v) is 10.5. The lowest BCUT2D eigenvalue weighted by atomic mass is 9.96. The zero-order valence-electron chi connectivity index (χ0n) is 15.9. The van der Waals surface area contributed by atoms with Crippen LogP contribution < -0.4 is 19.7 Å². The highest BCUT2D eigenvalue weighted by Gasteiger charge is 2.43. The first-order valence-electron chi connectivity index (χ1n) is 9.58. The van der Waals surface area contributed by atoms with Crippen LogP contribution in [0.2, 0.25) is 0 Å². The molecule has 1 saturated carbocycles. The molecule has 1 aliphatic carbocycles. The van der Waals surface area contributed by atoms with Crippen LogP contribution in [0.5, 0.6) is 11.5 Å². The van der Waals surface area contributed by atoms with E-state index in [4.69, 9.17) is 9.47 Å². The van der Waals surface area contributed by atoms with Crippen molar-refractivity contribution in [2.45, 2.75) is 31.8 Å². The Bertz CT molecular complexity index is 816. The number of thiophene rings is 1. The fourth-order valence-electron chi connectivity index (χ4n) is 4.16. The van der Waals surface area contributed by atoms with Gasteiger partial charge >= 0.3 is 0 Å². The second kappa shape index (κ2) is 7.90. The van der Waals surface area contributed by atoms with Crippen LogP contribution in [-0.4, -0.2) is 33.2 Å². The number of quaternary nitrogens is 1. The summed E-state index contributed by atoms with van der Waals surface area (Å²) in [4.78, 5) is 15.6. The highest BCUT2D eigenvalue weighted by atomic mass is 32.1. The highest BCUT2D eigenvalue weighted by molar-refractivity contribution is 7.10. The average molecular weight is 388 g/mol. The Kier molecular flexibility index (Phi) is 5.36. The lowest BCUT2D eigenvalue weighted by Crippen LogP contribution is -3.14. The second-order valence-electron chi connectivity index (χ2n) is 7.42. The minimum atomic E-state index is 0.115. The second-order valence-corrected chi connectivity index (χ2v) is 8.42. The quantitative estimate of drug-likeness (QED) is 0.764. The van der Waals surface area contributed by atoms with Gasteiger partial charge in [-0.25, -0.2) is 0 Å². The van der Waals surface area contributed by atoms with Gasteiger partial charge in [0.2, 0.25) is 0 Å². The van der Waals surface area contributed by atoms with Crippen LogP contribution in [0.3, 0.4) is 0 Å². The van der Waals surface area contributed by atoms with Crippen molar-refractivity contribution in [3.63, 3.8) is 0 Å². The zero-order chi connectivity index (χ0) is 18.8. The molecule has 2 aromatic rings. The Labute approximate surface area is 164 Å². The molecule has 1 aromatic heterocycles. The van der Waals surface area contributed by atoms with Gasteiger partial charge in [0, 0.05) is 29.3 Å². The summed E-state index contributed by atoms with van der Waals surface area (Å²) < 4.78 is 10.6. The van der Waals surface area contributed by atoms with Crippen molar-refractivity contribution in [1.82, 2.24) is 5.32 Å². The molecule has 0 saturated heterocycles. The van der Waals surface area contributed by atoms with Crippen molar-refractivity contribution in [3.05, 3.63) is 45.6 Å². The number of rotatable bonds is 7. The maximum Gasteiger partial charge on any atom is 0.275 e. The van der Waals surface area contributed by atoms with E-state index in [1.54, 1.807) is 14.2 Å². The smallest absolute Gasteiger partial charge is 0.275 e. The Morgan fingerprint density at radius 1 is 1.22 bits per heavy atom. The fourth-order valence-corrected chi connectivity index (χ4v) is 5.09. The van der Waals surface area contributed by atoms with Gasteiger partial charge in [-0.1, -0.05) is 6.07 Å².